The number of benzene rings is 1. The van der Waals surface area contributed by atoms with E-state index >= 15 is 0 Å². The van der Waals surface area contributed by atoms with Crippen molar-refractivity contribution in [2.45, 2.75) is 33.1 Å². The number of aryl methyl sites for hydroxylation is 1. The van der Waals surface area contributed by atoms with E-state index in [1.807, 2.05) is 18.3 Å². The van der Waals surface area contributed by atoms with Crippen LogP contribution in [-0.2, 0) is 12.8 Å². The summed E-state index contributed by atoms with van der Waals surface area (Å²) in [5.41, 5.74) is 1.26. The molecule has 0 aliphatic carbocycles. The lowest BCUT2D eigenvalue weighted by molar-refractivity contribution is 0.317. The fourth-order valence-corrected chi connectivity index (χ4v) is 3.15. The average Bonchev–Trinajstić information content (AvgIpc) is 3.04. The van der Waals surface area contributed by atoms with E-state index in [0.717, 1.165) is 55.7 Å². The smallest absolute Gasteiger partial charge is 0.191 e. The maximum atomic E-state index is 5.68. The maximum absolute atomic E-state index is 5.68. The zero-order valence-electron chi connectivity index (χ0n) is 15.7. The zero-order valence-corrected chi connectivity index (χ0v) is 18.9. The minimum absolute atomic E-state index is 0. The highest BCUT2D eigenvalue weighted by Gasteiger charge is 2.02. The molecule has 0 amide bonds. The molecule has 144 valence electrons. The predicted molar refractivity (Wildman–Crippen MR) is 121 cm³/mol. The van der Waals surface area contributed by atoms with Gasteiger partial charge in [-0.25, -0.2) is 4.98 Å². The van der Waals surface area contributed by atoms with Crippen molar-refractivity contribution in [2.75, 3.05) is 26.7 Å². The van der Waals surface area contributed by atoms with E-state index in [9.17, 15) is 0 Å². The summed E-state index contributed by atoms with van der Waals surface area (Å²) in [6, 6.07) is 8.29. The van der Waals surface area contributed by atoms with Crippen molar-refractivity contribution in [1.82, 2.24) is 15.6 Å². The first-order valence-corrected chi connectivity index (χ1v) is 9.60. The van der Waals surface area contributed by atoms with Gasteiger partial charge in [0.05, 0.1) is 11.6 Å². The summed E-state index contributed by atoms with van der Waals surface area (Å²) in [6.45, 7) is 6.61. The minimum atomic E-state index is 0. The molecule has 1 heterocycles. The maximum Gasteiger partial charge on any atom is 0.191 e. The molecule has 26 heavy (non-hydrogen) atoms. The van der Waals surface area contributed by atoms with Crippen molar-refractivity contribution in [3.8, 4) is 5.75 Å². The highest BCUT2D eigenvalue weighted by molar-refractivity contribution is 14.0. The third-order valence-corrected chi connectivity index (χ3v) is 4.57. The molecule has 1 aromatic carbocycles. The Balaban J connectivity index is 0.00000338. The molecule has 0 radical (unpaired) electrons. The van der Waals surface area contributed by atoms with Gasteiger partial charge in [0.15, 0.2) is 5.96 Å². The molecule has 7 heteroatoms. The topological polar surface area (TPSA) is 58.5 Å². The number of aliphatic imine (C=N–C) groups is 1. The van der Waals surface area contributed by atoms with Crippen LogP contribution < -0.4 is 15.4 Å². The number of thiazole rings is 1. The number of hydrogen-bond donors (Lipinski definition) is 2. The van der Waals surface area contributed by atoms with Gasteiger partial charge in [-0.3, -0.25) is 4.99 Å². The molecule has 1 aromatic heterocycles. The van der Waals surface area contributed by atoms with E-state index in [-0.39, 0.29) is 24.0 Å². The third kappa shape index (κ3) is 8.35. The van der Waals surface area contributed by atoms with Crippen molar-refractivity contribution in [1.29, 1.82) is 0 Å². The average molecular weight is 488 g/mol. The largest absolute Gasteiger partial charge is 0.494 e. The summed E-state index contributed by atoms with van der Waals surface area (Å²) in [5, 5.41) is 7.84. The first-order valence-electron chi connectivity index (χ1n) is 8.79. The Bertz CT molecular complexity index is 675. The Hall–Kier alpha value is -1.35. The normalized spacial score (nSPS) is 11.0. The van der Waals surface area contributed by atoms with Crippen LogP contribution in [0.4, 0.5) is 0 Å². The van der Waals surface area contributed by atoms with Crippen LogP contribution in [0.15, 0.2) is 35.5 Å². The lowest BCUT2D eigenvalue weighted by atomic mass is 10.1. The number of nitrogens with zero attached hydrogens (tertiary/aromatic N) is 2. The summed E-state index contributed by atoms with van der Waals surface area (Å²) in [5.74, 6) is 1.77. The first kappa shape index (κ1) is 22.7. The van der Waals surface area contributed by atoms with Crippen LogP contribution in [0.5, 0.6) is 5.75 Å². The summed E-state index contributed by atoms with van der Waals surface area (Å²) in [4.78, 5) is 9.89. The molecule has 0 atom stereocenters. The van der Waals surface area contributed by atoms with E-state index in [1.165, 1.54) is 10.4 Å². The lowest BCUT2D eigenvalue weighted by Gasteiger charge is -2.12. The van der Waals surface area contributed by atoms with Crippen LogP contribution in [0.25, 0.3) is 0 Å². The number of rotatable bonds is 9. The lowest BCUT2D eigenvalue weighted by Crippen LogP contribution is -2.39. The number of ether oxygens (including phenoxy) is 1. The van der Waals surface area contributed by atoms with Crippen LogP contribution in [-0.4, -0.2) is 37.7 Å². The molecule has 0 bridgehead atoms. The van der Waals surface area contributed by atoms with Crippen LogP contribution >= 0.6 is 35.3 Å². The van der Waals surface area contributed by atoms with Crippen molar-refractivity contribution in [2.24, 2.45) is 4.99 Å². The van der Waals surface area contributed by atoms with Gasteiger partial charge in [-0.2, -0.15) is 0 Å². The number of nitrogens with one attached hydrogen (secondary N) is 2. The fourth-order valence-electron chi connectivity index (χ4n) is 2.36. The van der Waals surface area contributed by atoms with Crippen molar-refractivity contribution < 1.29 is 4.74 Å². The molecule has 0 spiro atoms. The van der Waals surface area contributed by atoms with Gasteiger partial charge < -0.3 is 15.4 Å². The first-order chi connectivity index (χ1) is 12.2. The van der Waals surface area contributed by atoms with Crippen molar-refractivity contribution >= 4 is 41.3 Å². The Morgan fingerprint density at radius 3 is 2.65 bits per heavy atom. The molecule has 2 aromatic rings. The molecule has 0 aliphatic heterocycles. The van der Waals surface area contributed by atoms with Crippen LogP contribution in [0.1, 0.15) is 28.8 Å². The second kappa shape index (κ2) is 12.9. The summed E-state index contributed by atoms with van der Waals surface area (Å²) in [7, 11) is 1.79. The zero-order chi connectivity index (χ0) is 17.9. The molecule has 0 aliphatic rings. The van der Waals surface area contributed by atoms with E-state index in [4.69, 9.17) is 4.74 Å². The van der Waals surface area contributed by atoms with Crippen molar-refractivity contribution in [3.63, 3.8) is 0 Å². The Labute approximate surface area is 177 Å². The highest BCUT2D eigenvalue weighted by atomic mass is 127. The fraction of sp³-hybridized carbons (Fsp3) is 0.474. The number of aromatic nitrogens is 1. The molecular formula is C19H29IN4OS. The van der Waals surface area contributed by atoms with Crippen LogP contribution in [0, 0.1) is 6.92 Å². The van der Waals surface area contributed by atoms with Crippen LogP contribution in [0.2, 0.25) is 0 Å². The molecular weight excluding hydrogens is 459 g/mol. The predicted octanol–water partition coefficient (Wildman–Crippen LogP) is 3.81. The molecule has 2 rings (SSSR count). The monoisotopic (exact) mass is 488 g/mol. The Kier molecular flexibility index (Phi) is 11.3. The standard InChI is InChI=1S/C19H28N4OS.HI/c1-4-12-24-17-7-5-6-16(13-17)8-10-21-19(20-3)22-11-9-18-23-14-15(2)25-18;/h5-7,13-14H,4,8-12H2,1-3H3,(H2,20,21,22);1H. The second-order valence-corrected chi connectivity index (χ2v) is 7.11. The Morgan fingerprint density at radius 2 is 2.00 bits per heavy atom. The van der Waals surface area contributed by atoms with Crippen LogP contribution in [0.3, 0.4) is 0 Å². The van der Waals surface area contributed by atoms with Gasteiger partial charge in [0.2, 0.25) is 0 Å². The van der Waals surface area contributed by atoms with Gasteiger partial charge in [-0.15, -0.1) is 35.3 Å². The minimum Gasteiger partial charge on any atom is -0.494 e. The third-order valence-electron chi connectivity index (χ3n) is 3.60. The van der Waals surface area contributed by atoms with Gasteiger partial charge in [0.25, 0.3) is 0 Å². The van der Waals surface area contributed by atoms with E-state index < -0.39 is 0 Å². The number of guanidine groups is 1. The van der Waals surface area contributed by atoms with Gasteiger partial charge in [0, 0.05) is 37.6 Å². The van der Waals surface area contributed by atoms with Gasteiger partial charge in [-0.05, 0) is 37.5 Å². The van der Waals surface area contributed by atoms with E-state index in [2.05, 4.69) is 46.6 Å². The molecule has 0 fully saturated rings. The molecule has 5 nitrogen and oxygen atoms in total. The molecule has 2 N–H and O–H groups in total. The Morgan fingerprint density at radius 1 is 1.23 bits per heavy atom. The molecule has 0 saturated heterocycles. The highest BCUT2D eigenvalue weighted by Crippen LogP contribution is 2.14. The quantitative estimate of drug-likeness (QED) is 0.320. The second-order valence-electron chi connectivity index (χ2n) is 5.79. The van der Waals surface area contributed by atoms with Crippen molar-refractivity contribution in [3.05, 3.63) is 45.9 Å². The van der Waals surface area contributed by atoms with E-state index in [0.29, 0.717) is 0 Å². The van der Waals surface area contributed by atoms with Gasteiger partial charge in [0.1, 0.15) is 5.75 Å². The summed E-state index contributed by atoms with van der Waals surface area (Å²) in [6.07, 6.45) is 4.78. The molecule has 0 unspecified atom stereocenters. The number of hydrogen-bond acceptors (Lipinski definition) is 4. The summed E-state index contributed by atoms with van der Waals surface area (Å²) >= 11 is 1.75. The summed E-state index contributed by atoms with van der Waals surface area (Å²) < 4.78 is 5.68. The SMILES string of the molecule is CCCOc1cccc(CCNC(=NC)NCCc2ncc(C)s2)c1.I. The number of halogens is 1. The van der Waals surface area contributed by atoms with Gasteiger partial charge >= 0.3 is 0 Å². The van der Waals surface area contributed by atoms with Gasteiger partial charge in [-0.1, -0.05) is 19.1 Å². The molecule has 0 saturated carbocycles. The van der Waals surface area contributed by atoms with E-state index in [1.54, 1.807) is 18.4 Å².